The monoisotopic (exact) mass is 459 g/mol. The number of likely N-dealkylation sites (tertiary alicyclic amines) is 1. The number of nitrogens with zero attached hydrogens (tertiary/aromatic N) is 3. The predicted octanol–water partition coefficient (Wildman–Crippen LogP) is 3.34. The van der Waals surface area contributed by atoms with Crippen LogP contribution in [-0.2, 0) is 24.6 Å². The molecule has 0 radical (unpaired) electrons. The highest BCUT2D eigenvalue weighted by molar-refractivity contribution is 5.98. The van der Waals surface area contributed by atoms with Crippen LogP contribution in [0.4, 0.5) is 15.0 Å². The minimum absolute atomic E-state index is 0.176. The number of carbonyl (C=O) groups excluding carboxylic acids is 2. The van der Waals surface area contributed by atoms with Gasteiger partial charge in [0, 0.05) is 19.5 Å². The fourth-order valence-corrected chi connectivity index (χ4v) is 4.24. The topological polar surface area (TPSA) is 116 Å². The number of aryl methyl sites for hydroxylation is 2. The van der Waals surface area contributed by atoms with Gasteiger partial charge in [-0.3, -0.25) is 9.48 Å². The Labute approximate surface area is 194 Å². The Balaban J connectivity index is 0.000000205. The van der Waals surface area contributed by atoms with Crippen molar-refractivity contribution in [1.29, 1.82) is 0 Å². The molecule has 2 heterocycles. The van der Waals surface area contributed by atoms with Crippen molar-refractivity contribution in [1.82, 2.24) is 14.7 Å². The van der Waals surface area contributed by atoms with Crippen LogP contribution in [0.15, 0.2) is 24.3 Å². The molecular weight excluding hydrogens is 425 g/mol. The van der Waals surface area contributed by atoms with E-state index in [-0.39, 0.29) is 12.5 Å². The second-order valence-corrected chi connectivity index (χ2v) is 9.65. The summed E-state index contributed by atoms with van der Waals surface area (Å²) in [6, 6.07) is 8.40. The van der Waals surface area contributed by atoms with Crippen molar-refractivity contribution in [3.8, 4) is 0 Å². The van der Waals surface area contributed by atoms with E-state index in [0.717, 1.165) is 25.0 Å². The number of halogens is 1. The Morgan fingerprint density at radius 2 is 1.85 bits per heavy atom. The molecule has 1 fully saturated rings. The van der Waals surface area contributed by atoms with Gasteiger partial charge in [-0.25, -0.2) is 9.18 Å². The number of aromatic nitrogens is 2. The van der Waals surface area contributed by atoms with E-state index >= 15 is 0 Å². The van der Waals surface area contributed by atoms with Gasteiger partial charge in [-0.15, -0.1) is 0 Å². The molecule has 1 aromatic heterocycles. The summed E-state index contributed by atoms with van der Waals surface area (Å²) in [5.74, 6) is 0.0618. The van der Waals surface area contributed by atoms with Crippen LogP contribution in [0.2, 0.25) is 0 Å². The highest BCUT2D eigenvalue weighted by atomic mass is 19.1. The van der Waals surface area contributed by atoms with E-state index in [1.165, 1.54) is 20.7 Å². The maximum Gasteiger partial charge on any atom is 0.410 e. The molecule has 0 spiro atoms. The van der Waals surface area contributed by atoms with Gasteiger partial charge in [0.15, 0.2) is 0 Å². The minimum Gasteiger partial charge on any atom is -0.444 e. The summed E-state index contributed by atoms with van der Waals surface area (Å²) in [5, 5.41) is 4.42. The van der Waals surface area contributed by atoms with Gasteiger partial charge < -0.3 is 21.1 Å². The predicted molar refractivity (Wildman–Crippen MR) is 125 cm³/mol. The van der Waals surface area contributed by atoms with Crippen molar-refractivity contribution in [3.05, 3.63) is 46.6 Å². The van der Waals surface area contributed by atoms with Crippen molar-refractivity contribution >= 4 is 17.8 Å². The molecule has 2 atom stereocenters. The molecule has 1 aliphatic heterocycles. The molecule has 0 bridgehead atoms. The molecular formula is C24H34FN5O3. The zero-order valence-electron chi connectivity index (χ0n) is 19.8. The zero-order valence-corrected chi connectivity index (χ0v) is 19.8. The van der Waals surface area contributed by atoms with Crippen molar-refractivity contribution in [2.24, 2.45) is 12.8 Å². The summed E-state index contributed by atoms with van der Waals surface area (Å²) in [4.78, 5) is 24.4. The average molecular weight is 460 g/mol. The largest absolute Gasteiger partial charge is 0.444 e. The number of amides is 2. The minimum atomic E-state index is -0.882. The molecule has 1 aromatic carbocycles. The van der Waals surface area contributed by atoms with Crippen molar-refractivity contribution < 1.29 is 18.7 Å². The van der Waals surface area contributed by atoms with Crippen LogP contribution >= 0.6 is 0 Å². The molecule has 33 heavy (non-hydrogen) atoms. The van der Waals surface area contributed by atoms with Crippen LogP contribution in [0.25, 0.3) is 0 Å². The Hall–Kier alpha value is -3.10. The number of ether oxygens (including phenoxy) is 1. The molecule has 2 aliphatic rings. The SMILES string of the molecule is CC(C)(C)OC(=O)N1CCC(F)C1.Cn1nc(C2CCc3ccccc3C2)c(C(N)=O)c1N. The first-order valence-electron chi connectivity index (χ1n) is 11.3. The molecule has 4 N–H and O–H groups in total. The number of hydrogen-bond donors (Lipinski definition) is 2. The zero-order chi connectivity index (χ0) is 24.3. The van der Waals surface area contributed by atoms with E-state index in [0.29, 0.717) is 24.3 Å². The molecule has 8 nitrogen and oxygen atoms in total. The van der Waals surface area contributed by atoms with Gasteiger partial charge in [-0.1, -0.05) is 24.3 Å². The number of hydrogen-bond acceptors (Lipinski definition) is 5. The quantitative estimate of drug-likeness (QED) is 0.714. The number of nitrogens with two attached hydrogens (primary N) is 2. The van der Waals surface area contributed by atoms with Crippen LogP contribution in [-0.4, -0.2) is 51.5 Å². The molecule has 1 aliphatic carbocycles. The number of nitrogen functional groups attached to an aromatic ring is 1. The molecule has 1 saturated heterocycles. The molecule has 4 rings (SSSR count). The lowest BCUT2D eigenvalue weighted by Crippen LogP contribution is -2.35. The Morgan fingerprint density at radius 1 is 1.18 bits per heavy atom. The maximum absolute atomic E-state index is 12.7. The third-order valence-corrected chi connectivity index (χ3v) is 5.88. The van der Waals surface area contributed by atoms with Gasteiger partial charge >= 0.3 is 6.09 Å². The van der Waals surface area contributed by atoms with Crippen LogP contribution in [0.1, 0.15) is 66.7 Å². The first-order chi connectivity index (χ1) is 15.5. The van der Waals surface area contributed by atoms with Gasteiger partial charge in [-0.2, -0.15) is 5.10 Å². The summed E-state index contributed by atoms with van der Waals surface area (Å²) < 4.78 is 19.3. The second-order valence-electron chi connectivity index (χ2n) is 9.65. The van der Waals surface area contributed by atoms with Gasteiger partial charge in [0.1, 0.15) is 23.2 Å². The summed E-state index contributed by atoms with van der Waals surface area (Å²) in [6.07, 6.45) is 1.98. The standard InChI is InChI=1S/C15H18N4O.C9H16FNO2/c1-19-14(16)12(15(17)20)13(18-19)11-7-6-9-4-2-3-5-10(9)8-11;1-9(2,3)13-8(12)11-5-4-7(10)6-11/h2-5,11H,6-8,16H2,1H3,(H2,17,20);7H,4-6H2,1-3H3. The third-order valence-electron chi connectivity index (χ3n) is 5.88. The van der Waals surface area contributed by atoms with Crippen molar-refractivity contribution in [3.63, 3.8) is 0 Å². The van der Waals surface area contributed by atoms with Crippen molar-refractivity contribution in [2.75, 3.05) is 18.8 Å². The molecule has 0 saturated carbocycles. The number of carbonyl (C=O) groups is 2. The lowest BCUT2D eigenvalue weighted by Gasteiger charge is -2.23. The molecule has 180 valence electrons. The van der Waals surface area contributed by atoms with E-state index in [1.807, 2.05) is 6.07 Å². The number of primary amides is 1. The lowest BCUT2D eigenvalue weighted by atomic mass is 9.81. The molecule has 2 amide bonds. The van der Waals surface area contributed by atoms with Crippen LogP contribution in [0, 0.1) is 0 Å². The Bertz CT molecular complexity index is 1010. The fraction of sp³-hybridized carbons (Fsp3) is 0.542. The van der Waals surface area contributed by atoms with Crippen LogP contribution in [0.5, 0.6) is 0 Å². The van der Waals surface area contributed by atoms with Gasteiger partial charge in [0.2, 0.25) is 0 Å². The van der Waals surface area contributed by atoms with Crippen LogP contribution < -0.4 is 11.5 Å². The maximum atomic E-state index is 12.7. The summed E-state index contributed by atoms with van der Waals surface area (Å²) >= 11 is 0. The summed E-state index contributed by atoms with van der Waals surface area (Å²) in [6.45, 7) is 6.04. The number of anilines is 1. The highest BCUT2D eigenvalue weighted by Crippen LogP contribution is 2.34. The van der Waals surface area contributed by atoms with Crippen molar-refractivity contribution in [2.45, 2.75) is 64.1 Å². The van der Waals surface area contributed by atoms with Gasteiger partial charge in [0.25, 0.3) is 5.91 Å². The molecule has 2 unspecified atom stereocenters. The van der Waals surface area contributed by atoms with Crippen LogP contribution in [0.3, 0.4) is 0 Å². The van der Waals surface area contributed by atoms with E-state index in [9.17, 15) is 14.0 Å². The number of fused-ring (bicyclic) bond motifs is 1. The molecule has 2 aromatic rings. The highest BCUT2D eigenvalue weighted by Gasteiger charge is 2.30. The normalized spacial score (nSPS) is 20.0. The smallest absolute Gasteiger partial charge is 0.410 e. The summed E-state index contributed by atoms with van der Waals surface area (Å²) in [5.41, 5.74) is 14.7. The van der Waals surface area contributed by atoms with E-state index in [1.54, 1.807) is 27.8 Å². The van der Waals surface area contributed by atoms with E-state index in [2.05, 4.69) is 23.3 Å². The second kappa shape index (κ2) is 9.80. The Kier molecular flexibility index (Phi) is 7.29. The van der Waals surface area contributed by atoms with Gasteiger partial charge in [0.05, 0.1) is 12.2 Å². The average Bonchev–Trinajstić information content (AvgIpc) is 3.30. The number of rotatable bonds is 2. The Morgan fingerprint density at radius 3 is 2.42 bits per heavy atom. The van der Waals surface area contributed by atoms with Gasteiger partial charge in [-0.05, 0) is 57.6 Å². The fourth-order valence-electron chi connectivity index (χ4n) is 4.24. The number of alkyl halides is 1. The van der Waals surface area contributed by atoms with E-state index in [4.69, 9.17) is 16.2 Å². The lowest BCUT2D eigenvalue weighted by molar-refractivity contribution is 0.0284. The van der Waals surface area contributed by atoms with E-state index < -0.39 is 23.8 Å². The summed E-state index contributed by atoms with van der Waals surface area (Å²) in [7, 11) is 1.74. The first kappa shape index (κ1) is 24.5. The first-order valence-corrected chi connectivity index (χ1v) is 11.3. The third kappa shape index (κ3) is 6.03. The molecule has 9 heteroatoms. The number of benzene rings is 1.